The van der Waals surface area contributed by atoms with E-state index in [0.717, 1.165) is 5.56 Å². The maximum atomic E-state index is 12.6. The van der Waals surface area contributed by atoms with Crippen molar-refractivity contribution in [2.45, 2.75) is 32.9 Å². The number of nitrogens with two attached hydrogens (primary N) is 1. The first-order valence-corrected chi connectivity index (χ1v) is 10.7. The van der Waals surface area contributed by atoms with Gasteiger partial charge in [-0.05, 0) is 29.2 Å². The molecule has 0 bridgehead atoms. The van der Waals surface area contributed by atoms with Crippen LogP contribution in [0.15, 0.2) is 54.6 Å². The fraction of sp³-hybridized carbons (Fsp3) is 0.300. The highest BCUT2D eigenvalue weighted by Crippen LogP contribution is 2.12. The predicted molar refractivity (Wildman–Crippen MR) is 112 cm³/mol. The number of nitrogens with one attached hydrogen (secondary N) is 3. The predicted octanol–water partition coefficient (Wildman–Crippen LogP) is 1.30. The molecule has 2 aromatic carbocycles. The fourth-order valence-electron chi connectivity index (χ4n) is 2.75. The SMILES string of the molecule is CC(C)C(NC(=O)Cc1ccccc1)C(=O)NCc1cccc(NS(N)(=O)=O)c1. The van der Waals surface area contributed by atoms with E-state index >= 15 is 0 Å². The van der Waals surface area contributed by atoms with Crippen molar-refractivity contribution in [2.24, 2.45) is 11.1 Å². The van der Waals surface area contributed by atoms with Gasteiger partial charge in [0, 0.05) is 6.54 Å². The molecule has 29 heavy (non-hydrogen) atoms. The van der Waals surface area contributed by atoms with E-state index in [4.69, 9.17) is 5.14 Å². The molecular weight excluding hydrogens is 392 g/mol. The highest BCUT2D eigenvalue weighted by molar-refractivity contribution is 7.90. The minimum atomic E-state index is -3.87. The summed E-state index contributed by atoms with van der Waals surface area (Å²) < 4.78 is 24.4. The molecule has 1 atom stereocenters. The summed E-state index contributed by atoms with van der Waals surface area (Å²) in [7, 11) is -3.87. The smallest absolute Gasteiger partial charge is 0.296 e. The van der Waals surface area contributed by atoms with Crippen molar-refractivity contribution in [1.29, 1.82) is 0 Å². The largest absolute Gasteiger partial charge is 0.350 e. The molecule has 0 saturated carbocycles. The molecule has 0 heterocycles. The summed E-state index contributed by atoms with van der Waals surface area (Å²) in [5.41, 5.74) is 1.85. The Morgan fingerprint density at radius 1 is 1.00 bits per heavy atom. The van der Waals surface area contributed by atoms with Crippen LogP contribution < -0.4 is 20.5 Å². The van der Waals surface area contributed by atoms with Gasteiger partial charge in [0.2, 0.25) is 11.8 Å². The molecule has 0 fully saturated rings. The third kappa shape index (κ3) is 7.92. The Morgan fingerprint density at radius 3 is 2.28 bits per heavy atom. The average molecular weight is 419 g/mol. The number of amides is 2. The van der Waals surface area contributed by atoms with Crippen LogP contribution in [0, 0.1) is 5.92 Å². The van der Waals surface area contributed by atoms with Gasteiger partial charge in [-0.1, -0.05) is 56.3 Å². The van der Waals surface area contributed by atoms with Crippen molar-refractivity contribution in [3.63, 3.8) is 0 Å². The van der Waals surface area contributed by atoms with Gasteiger partial charge in [-0.2, -0.15) is 8.42 Å². The summed E-state index contributed by atoms with van der Waals surface area (Å²) in [5, 5.41) is 10.5. The van der Waals surface area contributed by atoms with Crippen molar-refractivity contribution in [2.75, 3.05) is 4.72 Å². The maximum absolute atomic E-state index is 12.6. The minimum absolute atomic E-state index is 0.106. The van der Waals surface area contributed by atoms with Gasteiger partial charge in [-0.25, -0.2) is 5.14 Å². The first-order valence-electron chi connectivity index (χ1n) is 9.14. The van der Waals surface area contributed by atoms with Crippen LogP contribution in [0.5, 0.6) is 0 Å². The molecule has 0 aliphatic carbocycles. The van der Waals surface area contributed by atoms with Gasteiger partial charge < -0.3 is 10.6 Å². The Morgan fingerprint density at radius 2 is 1.66 bits per heavy atom. The molecule has 0 aromatic heterocycles. The van der Waals surface area contributed by atoms with Crippen LogP contribution in [-0.4, -0.2) is 26.3 Å². The van der Waals surface area contributed by atoms with Crippen molar-refractivity contribution in [3.05, 3.63) is 65.7 Å². The number of rotatable bonds is 9. The zero-order chi connectivity index (χ0) is 21.4. The average Bonchev–Trinajstić information content (AvgIpc) is 2.63. The van der Waals surface area contributed by atoms with Gasteiger partial charge in [0.15, 0.2) is 0 Å². The Kier molecular flexibility index (Phi) is 7.74. The summed E-state index contributed by atoms with van der Waals surface area (Å²) >= 11 is 0. The first kappa shape index (κ1) is 22.4. The number of carbonyl (C=O) groups excluding carboxylic acids is 2. The summed E-state index contributed by atoms with van der Waals surface area (Å²) in [6, 6.07) is 15.1. The number of carbonyl (C=O) groups is 2. The van der Waals surface area contributed by atoms with Gasteiger partial charge in [-0.15, -0.1) is 0 Å². The molecule has 0 aliphatic heterocycles. The normalized spacial score (nSPS) is 12.3. The van der Waals surface area contributed by atoms with E-state index in [2.05, 4.69) is 15.4 Å². The van der Waals surface area contributed by atoms with Crippen molar-refractivity contribution in [1.82, 2.24) is 10.6 Å². The second-order valence-electron chi connectivity index (χ2n) is 7.02. The third-order valence-corrected chi connectivity index (χ3v) is 4.65. The molecule has 1 unspecified atom stereocenters. The van der Waals surface area contributed by atoms with Crippen molar-refractivity contribution < 1.29 is 18.0 Å². The lowest BCUT2D eigenvalue weighted by molar-refractivity contribution is -0.129. The number of hydrogen-bond donors (Lipinski definition) is 4. The zero-order valence-electron chi connectivity index (χ0n) is 16.4. The van der Waals surface area contributed by atoms with Gasteiger partial charge in [-0.3, -0.25) is 14.3 Å². The highest BCUT2D eigenvalue weighted by Gasteiger charge is 2.24. The fourth-order valence-corrected chi connectivity index (χ4v) is 3.20. The Bertz CT molecular complexity index is 946. The van der Waals surface area contributed by atoms with Crippen LogP contribution >= 0.6 is 0 Å². The Labute approximate surface area is 171 Å². The van der Waals surface area contributed by atoms with Gasteiger partial charge >= 0.3 is 0 Å². The molecule has 8 nitrogen and oxygen atoms in total. The minimum Gasteiger partial charge on any atom is -0.350 e. The molecule has 2 aromatic rings. The van der Waals surface area contributed by atoms with Gasteiger partial charge in [0.25, 0.3) is 10.2 Å². The van der Waals surface area contributed by atoms with E-state index in [1.165, 1.54) is 0 Å². The molecule has 9 heteroatoms. The summed E-state index contributed by atoms with van der Waals surface area (Å²) in [4.78, 5) is 24.9. The summed E-state index contributed by atoms with van der Waals surface area (Å²) in [6.07, 6.45) is 0.193. The molecule has 5 N–H and O–H groups in total. The van der Waals surface area contributed by atoms with Crippen LogP contribution in [-0.2, 0) is 32.8 Å². The lowest BCUT2D eigenvalue weighted by Gasteiger charge is -2.22. The Hall–Kier alpha value is -2.91. The van der Waals surface area contributed by atoms with E-state index in [1.54, 1.807) is 24.3 Å². The van der Waals surface area contributed by atoms with Crippen LogP contribution in [0.3, 0.4) is 0 Å². The van der Waals surface area contributed by atoms with E-state index in [1.807, 2.05) is 44.2 Å². The van der Waals surface area contributed by atoms with E-state index in [-0.39, 0.29) is 30.7 Å². The van der Waals surface area contributed by atoms with E-state index < -0.39 is 16.3 Å². The number of hydrogen-bond acceptors (Lipinski definition) is 4. The second-order valence-corrected chi connectivity index (χ2v) is 8.31. The molecular formula is C20H26N4O4S. The van der Waals surface area contributed by atoms with E-state index in [9.17, 15) is 18.0 Å². The summed E-state index contributed by atoms with van der Waals surface area (Å²) in [6.45, 7) is 3.88. The second kappa shape index (κ2) is 10.0. The molecule has 0 radical (unpaired) electrons. The quantitative estimate of drug-likeness (QED) is 0.489. The van der Waals surface area contributed by atoms with Gasteiger partial charge in [0.1, 0.15) is 6.04 Å². The topological polar surface area (TPSA) is 130 Å². The first-order chi connectivity index (χ1) is 13.6. The lowest BCUT2D eigenvalue weighted by atomic mass is 10.0. The number of benzene rings is 2. The highest BCUT2D eigenvalue weighted by atomic mass is 32.2. The molecule has 0 aliphatic rings. The monoisotopic (exact) mass is 418 g/mol. The van der Waals surface area contributed by atoms with Crippen LogP contribution in [0.4, 0.5) is 5.69 Å². The molecule has 2 amide bonds. The Balaban J connectivity index is 1.96. The maximum Gasteiger partial charge on any atom is 0.296 e. The molecule has 0 spiro atoms. The number of anilines is 1. The third-order valence-electron chi connectivity index (χ3n) is 4.13. The zero-order valence-corrected chi connectivity index (χ0v) is 17.2. The van der Waals surface area contributed by atoms with Crippen molar-refractivity contribution in [3.8, 4) is 0 Å². The standard InChI is InChI=1S/C20H26N4O4S/c1-14(2)19(23-18(25)12-15-7-4-3-5-8-15)20(26)22-13-16-9-6-10-17(11-16)24-29(21,27)28/h3-11,14,19,24H,12-13H2,1-2H3,(H,22,26)(H,23,25)(H2,21,27,28). The van der Waals surface area contributed by atoms with Gasteiger partial charge in [0.05, 0.1) is 12.1 Å². The van der Waals surface area contributed by atoms with Crippen molar-refractivity contribution >= 4 is 27.7 Å². The molecule has 0 saturated heterocycles. The van der Waals surface area contributed by atoms with Crippen LogP contribution in [0.2, 0.25) is 0 Å². The molecule has 156 valence electrons. The van der Waals surface area contributed by atoms with E-state index in [0.29, 0.717) is 11.3 Å². The molecule has 2 rings (SSSR count). The summed E-state index contributed by atoms with van der Waals surface area (Å²) in [5.74, 6) is -0.652. The van der Waals surface area contributed by atoms with Crippen LogP contribution in [0.1, 0.15) is 25.0 Å². The van der Waals surface area contributed by atoms with Crippen LogP contribution in [0.25, 0.3) is 0 Å². The lowest BCUT2D eigenvalue weighted by Crippen LogP contribution is -2.49.